The molecule has 0 amide bonds. The first kappa shape index (κ1) is 12.9. The van der Waals surface area contributed by atoms with Crippen LogP contribution in [0.25, 0.3) is 0 Å². The van der Waals surface area contributed by atoms with E-state index in [1.165, 1.54) is 12.8 Å². The molecule has 2 fully saturated rings. The second-order valence-corrected chi connectivity index (χ2v) is 7.81. The summed E-state index contributed by atoms with van der Waals surface area (Å²) in [6.45, 7) is 4.54. The van der Waals surface area contributed by atoms with Gasteiger partial charge in [0, 0.05) is 29.6 Å². The molecule has 2 heterocycles. The molecule has 4 heteroatoms. The molecular formula is C16H21ClN2O. The minimum atomic E-state index is -0.0574. The lowest BCUT2D eigenvalue weighted by atomic mass is 9.73. The number of aromatic nitrogens is 1. The van der Waals surface area contributed by atoms with Gasteiger partial charge in [-0.3, -0.25) is 0 Å². The van der Waals surface area contributed by atoms with E-state index in [2.05, 4.69) is 24.9 Å². The molecule has 0 radical (unpaired) electrons. The van der Waals surface area contributed by atoms with Crippen LogP contribution < -0.4 is 10.5 Å². The first-order valence-corrected chi connectivity index (χ1v) is 7.93. The molecular weight excluding hydrogens is 272 g/mol. The number of nitrogens with zero attached hydrogens (tertiary/aromatic N) is 1. The highest BCUT2D eigenvalue weighted by Gasteiger charge is 2.49. The number of hydrogen-bond acceptors (Lipinski definition) is 3. The van der Waals surface area contributed by atoms with Gasteiger partial charge in [-0.2, -0.15) is 0 Å². The number of ether oxygens (including phenoxy) is 1. The van der Waals surface area contributed by atoms with E-state index in [0.29, 0.717) is 16.5 Å². The maximum atomic E-state index is 6.39. The van der Waals surface area contributed by atoms with E-state index in [9.17, 15) is 0 Å². The Bertz CT molecular complexity index is 580. The van der Waals surface area contributed by atoms with E-state index >= 15 is 0 Å². The lowest BCUT2D eigenvalue weighted by Crippen LogP contribution is -2.48. The molecule has 4 rings (SSSR count). The Balaban J connectivity index is 1.73. The van der Waals surface area contributed by atoms with Crippen molar-refractivity contribution in [2.75, 3.05) is 0 Å². The van der Waals surface area contributed by atoms with Crippen molar-refractivity contribution >= 4 is 11.6 Å². The van der Waals surface area contributed by atoms with Crippen molar-refractivity contribution in [3.8, 4) is 5.75 Å². The van der Waals surface area contributed by atoms with Crippen LogP contribution in [-0.2, 0) is 0 Å². The molecule has 0 unspecified atom stereocenters. The smallest absolute Gasteiger partial charge is 0.171 e. The average molecular weight is 293 g/mol. The van der Waals surface area contributed by atoms with Crippen LogP contribution in [0.4, 0.5) is 0 Å². The van der Waals surface area contributed by atoms with E-state index in [1.807, 2.05) is 0 Å². The van der Waals surface area contributed by atoms with Gasteiger partial charge in [0.25, 0.3) is 0 Å². The monoisotopic (exact) mass is 292 g/mol. The number of pyridine rings is 1. The predicted octanol–water partition coefficient (Wildman–Crippen LogP) is 3.95. The van der Waals surface area contributed by atoms with E-state index in [4.69, 9.17) is 22.1 Å². The average Bonchev–Trinajstić information content (AvgIpc) is 2.97. The Hall–Kier alpha value is -0.800. The Labute approximate surface area is 124 Å². The zero-order valence-corrected chi connectivity index (χ0v) is 12.8. The summed E-state index contributed by atoms with van der Waals surface area (Å²) in [5.74, 6) is 1.25. The highest BCUT2D eigenvalue weighted by atomic mass is 35.5. The maximum absolute atomic E-state index is 6.39. The van der Waals surface area contributed by atoms with Gasteiger partial charge in [0.15, 0.2) is 10.9 Å². The molecule has 108 valence electrons. The van der Waals surface area contributed by atoms with E-state index < -0.39 is 0 Å². The van der Waals surface area contributed by atoms with Crippen LogP contribution >= 0.6 is 11.6 Å². The molecule has 2 saturated carbocycles. The fraction of sp³-hybridized carbons (Fsp3) is 0.688. The number of nitrogens with two attached hydrogens (primary N) is 1. The van der Waals surface area contributed by atoms with Crippen molar-refractivity contribution in [3.05, 3.63) is 22.5 Å². The second kappa shape index (κ2) is 3.89. The second-order valence-electron chi connectivity index (χ2n) is 7.45. The summed E-state index contributed by atoms with van der Waals surface area (Å²) in [5.41, 5.74) is 8.82. The van der Waals surface area contributed by atoms with Gasteiger partial charge >= 0.3 is 0 Å². The first-order chi connectivity index (χ1) is 9.40. The van der Waals surface area contributed by atoms with Crippen LogP contribution in [0.1, 0.15) is 69.2 Å². The highest BCUT2D eigenvalue weighted by Crippen LogP contribution is 2.59. The van der Waals surface area contributed by atoms with E-state index in [1.54, 1.807) is 0 Å². The zero-order chi connectivity index (χ0) is 14.1. The van der Waals surface area contributed by atoms with E-state index in [0.717, 1.165) is 36.3 Å². The van der Waals surface area contributed by atoms with Crippen molar-refractivity contribution in [2.45, 2.75) is 63.5 Å². The van der Waals surface area contributed by atoms with Crippen LogP contribution in [0.2, 0.25) is 5.15 Å². The molecule has 1 spiro atoms. The number of fused-ring (bicyclic) bond motifs is 1. The molecule has 2 aliphatic carbocycles. The van der Waals surface area contributed by atoms with Gasteiger partial charge in [0.2, 0.25) is 0 Å². The standard InChI is InChI=1S/C16H21ClN2O/c1-15(2)7-10(15)12-6-9-11(18)8-16(4-3-5-16)20-13(9)14(17)19-12/h6,10-11H,3-5,7-8,18H2,1-2H3/t10-,11-/m0/s1. The lowest BCUT2D eigenvalue weighted by molar-refractivity contribution is -0.0332. The summed E-state index contributed by atoms with van der Waals surface area (Å²) in [5, 5.41) is 0.502. The topological polar surface area (TPSA) is 48.1 Å². The Morgan fingerprint density at radius 1 is 1.35 bits per heavy atom. The Kier molecular flexibility index (Phi) is 2.51. The van der Waals surface area contributed by atoms with Crippen LogP contribution in [-0.4, -0.2) is 10.6 Å². The molecule has 3 aliphatic rings. The van der Waals surface area contributed by atoms with Crippen LogP contribution in [0.15, 0.2) is 6.07 Å². The third-order valence-corrected chi connectivity index (χ3v) is 5.68. The number of hydrogen-bond donors (Lipinski definition) is 1. The molecule has 2 N–H and O–H groups in total. The molecule has 2 atom stereocenters. The summed E-state index contributed by atoms with van der Waals surface area (Å²) in [7, 11) is 0. The number of halogens is 1. The van der Waals surface area contributed by atoms with Gasteiger partial charge < -0.3 is 10.5 Å². The zero-order valence-electron chi connectivity index (χ0n) is 12.1. The van der Waals surface area contributed by atoms with Crippen molar-refractivity contribution in [2.24, 2.45) is 11.1 Å². The lowest BCUT2D eigenvalue weighted by Gasteiger charge is -2.47. The SMILES string of the molecule is CC1(C)C[C@H]1c1cc2c(c(Cl)n1)OC1(CCC1)C[C@@H]2N. The van der Waals surface area contributed by atoms with Crippen molar-refractivity contribution < 1.29 is 4.74 Å². The van der Waals surface area contributed by atoms with Gasteiger partial charge in [-0.25, -0.2) is 4.98 Å². The minimum absolute atomic E-state index is 0.0279. The van der Waals surface area contributed by atoms with Crippen LogP contribution in [0.3, 0.4) is 0 Å². The van der Waals surface area contributed by atoms with Crippen LogP contribution in [0, 0.1) is 5.41 Å². The van der Waals surface area contributed by atoms with Crippen molar-refractivity contribution in [1.29, 1.82) is 0 Å². The van der Waals surface area contributed by atoms with Crippen LogP contribution in [0.5, 0.6) is 5.75 Å². The molecule has 20 heavy (non-hydrogen) atoms. The predicted molar refractivity (Wildman–Crippen MR) is 79.1 cm³/mol. The molecule has 1 aromatic rings. The van der Waals surface area contributed by atoms with Gasteiger partial charge in [-0.15, -0.1) is 0 Å². The van der Waals surface area contributed by atoms with Gasteiger partial charge in [-0.1, -0.05) is 25.4 Å². The quantitative estimate of drug-likeness (QED) is 0.797. The summed E-state index contributed by atoms with van der Waals surface area (Å²) in [4.78, 5) is 4.59. The summed E-state index contributed by atoms with van der Waals surface area (Å²) >= 11 is 6.39. The molecule has 3 nitrogen and oxygen atoms in total. The molecule has 0 saturated heterocycles. The highest BCUT2D eigenvalue weighted by molar-refractivity contribution is 6.31. The normalized spacial score (nSPS) is 32.2. The minimum Gasteiger partial charge on any atom is -0.484 e. The first-order valence-electron chi connectivity index (χ1n) is 7.55. The molecule has 1 aliphatic heterocycles. The molecule has 0 bridgehead atoms. The third kappa shape index (κ3) is 1.79. The summed E-state index contributed by atoms with van der Waals surface area (Å²) < 4.78 is 6.19. The maximum Gasteiger partial charge on any atom is 0.171 e. The Morgan fingerprint density at radius 2 is 2.05 bits per heavy atom. The summed E-state index contributed by atoms with van der Waals surface area (Å²) in [6.07, 6.45) is 5.49. The van der Waals surface area contributed by atoms with Gasteiger partial charge in [0.05, 0.1) is 0 Å². The van der Waals surface area contributed by atoms with Gasteiger partial charge in [0.1, 0.15) is 5.60 Å². The third-order valence-electron chi connectivity index (χ3n) is 5.43. The largest absolute Gasteiger partial charge is 0.484 e. The van der Waals surface area contributed by atoms with Gasteiger partial charge in [-0.05, 0) is 37.2 Å². The fourth-order valence-electron chi connectivity index (χ4n) is 3.71. The number of rotatable bonds is 1. The molecule has 1 aromatic heterocycles. The fourth-order valence-corrected chi connectivity index (χ4v) is 3.96. The van der Waals surface area contributed by atoms with Crippen molar-refractivity contribution in [3.63, 3.8) is 0 Å². The Morgan fingerprint density at radius 3 is 2.60 bits per heavy atom. The summed E-state index contributed by atoms with van der Waals surface area (Å²) in [6, 6.07) is 2.16. The van der Waals surface area contributed by atoms with E-state index in [-0.39, 0.29) is 11.6 Å². The molecule has 0 aromatic carbocycles. The van der Waals surface area contributed by atoms with Crippen molar-refractivity contribution in [1.82, 2.24) is 4.98 Å².